The largest absolute Gasteiger partial charge is 0.448 e. The lowest BCUT2D eigenvalue weighted by Crippen LogP contribution is -2.37. The molecule has 1 aromatic carbocycles. The zero-order valence-corrected chi connectivity index (χ0v) is 13.0. The molecule has 0 unspecified atom stereocenters. The van der Waals surface area contributed by atoms with Gasteiger partial charge in [-0.1, -0.05) is 12.1 Å². The number of nitrogens with zero attached hydrogens (tertiary/aromatic N) is 2. The van der Waals surface area contributed by atoms with E-state index in [-0.39, 0.29) is 5.89 Å². The molecule has 124 valence electrons. The molecule has 1 aromatic heterocycles. The molecule has 23 heavy (non-hydrogen) atoms. The van der Waals surface area contributed by atoms with Gasteiger partial charge in [-0.05, 0) is 12.1 Å². The lowest BCUT2D eigenvalue weighted by molar-refractivity contribution is -0.130. The number of anilines is 1. The van der Waals surface area contributed by atoms with Crippen molar-refractivity contribution in [3.63, 3.8) is 0 Å². The Labute approximate surface area is 133 Å². The third kappa shape index (κ3) is 4.13. The van der Waals surface area contributed by atoms with Crippen molar-refractivity contribution in [3.8, 4) is 11.3 Å². The molecule has 8 heteroatoms. The highest BCUT2D eigenvalue weighted by molar-refractivity contribution is 7.85. The van der Waals surface area contributed by atoms with Crippen LogP contribution in [0.1, 0.15) is 5.89 Å². The Morgan fingerprint density at radius 2 is 1.83 bits per heavy atom. The van der Waals surface area contributed by atoms with Gasteiger partial charge in [0.15, 0.2) is 0 Å². The van der Waals surface area contributed by atoms with Crippen LogP contribution >= 0.6 is 0 Å². The van der Waals surface area contributed by atoms with E-state index >= 15 is 0 Å². The van der Waals surface area contributed by atoms with Crippen LogP contribution in [0, 0.1) is 0 Å². The Kier molecular flexibility index (Phi) is 4.43. The Morgan fingerprint density at radius 1 is 1.17 bits per heavy atom. The predicted molar refractivity (Wildman–Crippen MR) is 81.8 cm³/mol. The maximum absolute atomic E-state index is 12.3. The number of hydrogen-bond donors (Lipinski definition) is 0. The Morgan fingerprint density at radius 3 is 2.43 bits per heavy atom. The maximum atomic E-state index is 12.3. The summed E-state index contributed by atoms with van der Waals surface area (Å²) in [5.41, 5.74) is 2.09. The predicted octanol–water partition coefficient (Wildman–Crippen LogP) is 3.02. The van der Waals surface area contributed by atoms with Gasteiger partial charge in [-0.15, -0.1) is 0 Å². The van der Waals surface area contributed by atoms with Gasteiger partial charge in [0.1, 0.15) is 18.4 Å². The molecule has 0 spiro atoms. The van der Waals surface area contributed by atoms with Gasteiger partial charge < -0.3 is 9.32 Å². The maximum Gasteiger partial charge on any atom is 0.397 e. The van der Waals surface area contributed by atoms with E-state index in [1.54, 1.807) is 12.1 Å². The van der Waals surface area contributed by atoms with Gasteiger partial charge in [0.05, 0.1) is 0 Å². The van der Waals surface area contributed by atoms with E-state index in [0.29, 0.717) is 22.8 Å². The number of hydrogen-bond acceptors (Lipinski definition) is 4. The third-order valence-corrected chi connectivity index (χ3v) is 4.89. The summed E-state index contributed by atoms with van der Waals surface area (Å²) in [6.45, 7) is 1.48. The Hall–Kier alpha value is -1.83. The van der Waals surface area contributed by atoms with Crippen molar-refractivity contribution in [1.29, 1.82) is 0 Å². The van der Waals surface area contributed by atoms with Crippen LogP contribution in [0.25, 0.3) is 11.3 Å². The minimum absolute atomic E-state index is 0.338. The van der Waals surface area contributed by atoms with Gasteiger partial charge in [0.2, 0.25) is 5.89 Å². The highest BCUT2D eigenvalue weighted by Gasteiger charge is 2.30. The summed E-state index contributed by atoms with van der Waals surface area (Å²) in [5, 5.41) is 0. The average Bonchev–Trinajstić information content (AvgIpc) is 2.95. The second-order valence-electron chi connectivity index (χ2n) is 5.30. The second kappa shape index (κ2) is 6.35. The fourth-order valence-corrected chi connectivity index (χ4v) is 3.49. The molecule has 0 saturated carbocycles. The summed E-state index contributed by atoms with van der Waals surface area (Å²) in [5.74, 6) is 0.979. The summed E-state index contributed by atoms with van der Waals surface area (Å²) >= 11 is 0. The molecular weight excluding hydrogens is 329 g/mol. The molecule has 2 heterocycles. The van der Waals surface area contributed by atoms with E-state index in [4.69, 9.17) is 4.42 Å². The highest BCUT2D eigenvalue weighted by atomic mass is 32.2. The molecule has 4 nitrogen and oxygen atoms in total. The Bertz CT molecular complexity index is 687. The Balaban J connectivity index is 1.71. The highest BCUT2D eigenvalue weighted by Crippen LogP contribution is 2.26. The SMILES string of the molecule is O=S1CCN(c2ccc(-c3coc(CC(F)(F)F)n3)cc2)CC1. The van der Waals surface area contributed by atoms with E-state index in [9.17, 15) is 17.4 Å². The van der Waals surface area contributed by atoms with Crippen molar-refractivity contribution in [2.75, 3.05) is 29.5 Å². The third-order valence-electron chi connectivity index (χ3n) is 3.61. The van der Waals surface area contributed by atoms with Crippen molar-refractivity contribution in [3.05, 3.63) is 36.4 Å². The molecular formula is C15H15F3N2O2S. The standard InChI is InChI=1S/C15H15F3N2O2S/c16-15(17,18)9-14-19-13(10-22-14)11-1-3-12(4-2-11)20-5-7-23(21)8-6-20/h1-4,10H,5-9H2. The van der Waals surface area contributed by atoms with Gasteiger partial charge >= 0.3 is 6.18 Å². The first kappa shape index (κ1) is 16.0. The van der Waals surface area contributed by atoms with Crippen LogP contribution < -0.4 is 4.90 Å². The first-order valence-electron chi connectivity index (χ1n) is 7.12. The molecule has 1 aliphatic heterocycles. The molecule has 1 aliphatic rings. The molecule has 1 saturated heterocycles. The minimum Gasteiger partial charge on any atom is -0.448 e. The monoisotopic (exact) mass is 344 g/mol. The first-order valence-corrected chi connectivity index (χ1v) is 8.61. The minimum atomic E-state index is -4.33. The van der Waals surface area contributed by atoms with E-state index in [1.165, 1.54) is 6.26 Å². The number of aromatic nitrogens is 1. The van der Waals surface area contributed by atoms with E-state index in [1.807, 2.05) is 12.1 Å². The summed E-state index contributed by atoms with van der Waals surface area (Å²) in [6.07, 6.45) is -4.27. The van der Waals surface area contributed by atoms with E-state index in [2.05, 4.69) is 9.88 Å². The van der Waals surface area contributed by atoms with Gasteiger partial charge in [-0.3, -0.25) is 4.21 Å². The van der Waals surface area contributed by atoms with Crippen LogP contribution in [0.4, 0.5) is 18.9 Å². The van der Waals surface area contributed by atoms with E-state index < -0.39 is 23.4 Å². The zero-order chi connectivity index (χ0) is 16.4. The number of alkyl halides is 3. The topological polar surface area (TPSA) is 46.3 Å². The summed E-state index contributed by atoms with van der Waals surface area (Å²) in [4.78, 5) is 6.02. The van der Waals surface area contributed by atoms with Crippen LogP contribution in [0.3, 0.4) is 0 Å². The van der Waals surface area contributed by atoms with Gasteiger partial charge in [0, 0.05) is 46.6 Å². The van der Waals surface area contributed by atoms with Crippen molar-refractivity contribution in [2.45, 2.75) is 12.6 Å². The fourth-order valence-electron chi connectivity index (χ4n) is 2.44. The van der Waals surface area contributed by atoms with Crippen molar-refractivity contribution in [2.24, 2.45) is 0 Å². The molecule has 1 fully saturated rings. The van der Waals surface area contributed by atoms with Crippen LogP contribution in [0.15, 0.2) is 34.9 Å². The molecule has 0 amide bonds. The molecule has 0 aliphatic carbocycles. The summed E-state index contributed by atoms with van der Waals surface area (Å²) in [7, 11) is -0.731. The summed E-state index contributed by atoms with van der Waals surface area (Å²) in [6, 6.07) is 7.38. The average molecular weight is 344 g/mol. The van der Waals surface area contributed by atoms with Crippen LogP contribution in [0.2, 0.25) is 0 Å². The van der Waals surface area contributed by atoms with Gasteiger partial charge in [-0.2, -0.15) is 13.2 Å². The molecule has 0 bridgehead atoms. The lowest BCUT2D eigenvalue weighted by atomic mass is 10.1. The zero-order valence-electron chi connectivity index (χ0n) is 12.2. The molecule has 0 atom stereocenters. The summed E-state index contributed by atoms with van der Waals surface area (Å²) < 4.78 is 53.2. The number of benzene rings is 1. The van der Waals surface area contributed by atoms with Crippen molar-refractivity contribution < 1.29 is 21.8 Å². The fraction of sp³-hybridized carbons (Fsp3) is 0.400. The van der Waals surface area contributed by atoms with Crippen molar-refractivity contribution >= 4 is 16.5 Å². The van der Waals surface area contributed by atoms with Gasteiger partial charge in [-0.25, -0.2) is 4.98 Å². The lowest BCUT2D eigenvalue weighted by Gasteiger charge is -2.28. The van der Waals surface area contributed by atoms with Crippen LogP contribution in [-0.2, 0) is 17.2 Å². The van der Waals surface area contributed by atoms with Crippen LogP contribution in [-0.4, -0.2) is 40.0 Å². The number of halogens is 3. The first-order chi connectivity index (χ1) is 10.9. The number of oxazole rings is 1. The second-order valence-corrected chi connectivity index (χ2v) is 7.00. The van der Waals surface area contributed by atoms with Crippen LogP contribution in [0.5, 0.6) is 0 Å². The molecule has 2 aromatic rings. The van der Waals surface area contributed by atoms with Gasteiger partial charge in [0.25, 0.3) is 0 Å². The quantitative estimate of drug-likeness (QED) is 0.859. The normalized spacial score (nSPS) is 16.7. The smallest absolute Gasteiger partial charge is 0.397 e. The van der Waals surface area contributed by atoms with Crippen molar-refractivity contribution in [1.82, 2.24) is 4.98 Å². The molecule has 0 N–H and O–H groups in total. The molecule has 3 rings (SSSR count). The van der Waals surface area contributed by atoms with E-state index in [0.717, 1.165) is 18.8 Å². The molecule has 0 radical (unpaired) electrons. The number of rotatable bonds is 3.